The molecule has 1 fully saturated rings. The summed E-state index contributed by atoms with van der Waals surface area (Å²) >= 11 is 0. The summed E-state index contributed by atoms with van der Waals surface area (Å²) in [6.07, 6.45) is 0.785. The van der Waals surface area contributed by atoms with Crippen LogP contribution < -0.4 is 0 Å². The van der Waals surface area contributed by atoms with Gasteiger partial charge in [-0.25, -0.2) is 8.78 Å². The van der Waals surface area contributed by atoms with Crippen LogP contribution >= 0.6 is 0 Å². The second kappa shape index (κ2) is 3.40. The molecule has 0 aliphatic heterocycles. The van der Waals surface area contributed by atoms with Crippen molar-refractivity contribution in [3.05, 3.63) is 34.9 Å². The van der Waals surface area contributed by atoms with Gasteiger partial charge in [-0.2, -0.15) is 0 Å². The van der Waals surface area contributed by atoms with E-state index in [4.69, 9.17) is 0 Å². The van der Waals surface area contributed by atoms with E-state index in [-0.39, 0.29) is 22.8 Å². The van der Waals surface area contributed by atoms with E-state index in [2.05, 4.69) is 0 Å². The van der Waals surface area contributed by atoms with Gasteiger partial charge in [-0.3, -0.25) is 4.79 Å². The van der Waals surface area contributed by atoms with Crippen LogP contribution in [0.3, 0.4) is 0 Å². The number of hydrogen-bond acceptors (Lipinski definition) is 1. The molecule has 1 saturated carbocycles. The molecule has 0 aromatic heterocycles. The van der Waals surface area contributed by atoms with Gasteiger partial charge in [0.15, 0.2) is 17.4 Å². The molecule has 0 amide bonds. The zero-order valence-corrected chi connectivity index (χ0v) is 8.68. The third-order valence-corrected chi connectivity index (χ3v) is 2.99. The summed E-state index contributed by atoms with van der Waals surface area (Å²) < 4.78 is 26.6. The Morgan fingerprint density at radius 3 is 2.47 bits per heavy atom. The van der Waals surface area contributed by atoms with Crippen LogP contribution in [0.1, 0.15) is 29.3 Å². The maximum atomic E-state index is 13.4. The SMILES string of the molecule is Cc1ccc(C(=O)C2CC2C)c(F)c1F. The number of ketones is 1. The maximum absolute atomic E-state index is 13.4. The third kappa shape index (κ3) is 1.66. The molecule has 1 aliphatic carbocycles. The first kappa shape index (κ1) is 10.3. The summed E-state index contributed by atoms with van der Waals surface area (Å²) in [5.74, 6) is -1.98. The number of aryl methyl sites for hydroxylation is 1. The van der Waals surface area contributed by atoms with Gasteiger partial charge >= 0.3 is 0 Å². The van der Waals surface area contributed by atoms with Crippen molar-refractivity contribution in [3.63, 3.8) is 0 Å². The Bertz CT molecular complexity index is 426. The number of hydrogen-bond donors (Lipinski definition) is 0. The molecule has 0 radical (unpaired) electrons. The molecule has 0 spiro atoms. The molecule has 1 nitrogen and oxygen atoms in total. The molecule has 1 aliphatic rings. The van der Waals surface area contributed by atoms with Gasteiger partial charge in [-0.1, -0.05) is 13.0 Å². The zero-order valence-electron chi connectivity index (χ0n) is 8.68. The fourth-order valence-corrected chi connectivity index (χ4v) is 1.72. The van der Waals surface area contributed by atoms with Crippen LogP contribution in [-0.2, 0) is 0 Å². The normalized spacial score (nSPS) is 24.0. The number of carbonyl (C=O) groups excluding carboxylic acids is 1. The molecule has 2 unspecified atom stereocenters. The lowest BCUT2D eigenvalue weighted by Crippen LogP contribution is -2.08. The summed E-state index contributed by atoms with van der Waals surface area (Å²) in [5.41, 5.74) is 0.125. The number of rotatable bonds is 2. The van der Waals surface area contributed by atoms with Crippen molar-refractivity contribution in [1.82, 2.24) is 0 Å². The highest BCUT2D eigenvalue weighted by molar-refractivity contribution is 5.99. The molecular formula is C12H12F2O. The van der Waals surface area contributed by atoms with E-state index in [1.165, 1.54) is 19.1 Å². The second-order valence-electron chi connectivity index (χ2n) is 4.24. The van der Waals surface area contributed by atoms with E-state index < -0.39 is 11.6 Å². The van der Waals surface area contributed by atoms with Crippen LogP contribution in [0.25, 0.3) is 0 Å². The lowest BCUT2D eigenvalue weighted by Gasteiger charge is -2.04. The molecule has 0 saturated heterocycles. The van der Waals surface area contributed by atoms with E-state index >= 15 is 0 Å². The number of carbonyl (C=O) groups is 1. The van der Waals surface area contributed by atoms with Crippen LogP contribution in [0, 0.1) is 30.4 Å². The minimum atomic E-state index is -1.00. The molecule has 2 rings (SSSR count). The van der Waals surface area contributed by atoms with Crippen molar-refractivity contribution in [3.8, 4) is 0 Å². The van der Waals surface area contributed by atoms with Crippen LogP contribution in [-0.4, -0.2) is 5.78 Å². The Hall–Kier alpha value is -1.25. The van der Waals surface area contributed by atoms with Gasteiger partial charge in [0.25, 0.3) is 0 Å². The van der Waals surface area contributed by atoms with Gasteiger partial charge in [0.1, 0.15) is 0 Å². The van der Waals surface area contributed by atoms with E-state index in [1.54, 1.807) is 0 Å². The van der Waals surface area contributed by atoms with Crippen molar-refractivity contribution in [2.75, 3.05) is 0 Å². The van der Waals surface area contributed by atoms with Crippen molar-refractivity contribution >= 4 is 5.78 Å². The Morgan fingerprint density at radius 1 is 1.33 bits per heavy atom. The van der Waals surface area contributed by atoms with E-state index in [9.17, 15) is 13.6 Å². The minimum Gasteiger partial charge on any atom is -0.294 e. The molecule has 0 heterocycles. The Balaban J connectivity index is 2.37. The quantitative estimate of drug-likeness (QED) is 0.685. The average molecular weight is 210 g/mol. The number of benzene rings is 1. The Morgan fingerprint density at radius 2 is 1.93 bits per heavy atom. The Kier molecular flexibility index (Phi) is 2.33. The molecule has 1 aromatic rings. The van der Waals surface area contributed by atoms with Gasteiger partial charge in [0.05, 0.1) is 5.56 Å². The summed E-state index contributed by atoms with van der Waals surface area (Å²) in [6, 6.07) is 2.82. The summed E-state index contributed by atoms with van der Waals surface area (Å²) in [7, 11) is 0. The minimum absolute atomic E-state index is 0.104. The maximum Gasteiger partial charge on any atom is 0.169 e. The molecule has 2 atom stereocenters. The van der Waals surface area contributed by atoms with Gasteiger partial charge in [0.2, 0.25) is 0 Å². The summed E-state index contributed by atoms with van der Waals surface area (Å²) in [5, 5.41) is 0. The molecule has 80 valence electrons. The Labute approximate surface area is 87.1 Å². The van der Waals surface area contributed by atoms with Crippen molar-refractivity contribution < 1.29 is 13.6 Å². The highest BCUT2D eigenvalue weighted by atomic mass is 19.2. The van der Waals surface area contributed by atoms with Crippen LogP contribution in [0.4, 0.5) is 8.78 Å². The van der Waals surface area contributed by atoms with Crippen LogP contribution in [0.5, 0.6) is 0 Å². The number of Topliss-reactive ketones (excluding diaryl/α,β-unsaturated/α-hetero) is 1. The number of halogens is 2. The predicted molar refractivity (Wildman–Crippen MR) is 52.7 cm³/mol. The van der Waals surface area contributed by atoms with E-state index in [0.29, 0.717) is 5.92 Å². The lowest BCUT2D eigenvalue weighted by molar-refractivity contribution is 0.0957. The predicted octanol–water partition coefficient (Wildman–Crippen LogP) is 3.11. The lowest BCUT2D eigenvalue weighted by atomic mass is 10.0. The molecule has 0 N–H and O–H groups in total. The first-order valence-corrected chi connectivity index (χ1v) is 5.01. The topological polar surface area (TPSA) is 17.1 Å². The van der Waals surface area contributed by atoms with Gasteiger partial charge in [0, 0.05) is 5.92 Å². The monoisotopic (exact) mass is 210 g/mol. The first-order chi connectivity index (χ1) is 7.02. The van der Waals surface area contributed by atoms with Gasteiger partial charge in [-0.05, 0) is 30.9 Å². The zero-order chi connectivity index (χ0) is 11.2. The fourth-order valence-electron chi connectivity index (χ4n) is 1.72. The molecule has 15 heavy (non-hydrogen) atoms. The average Bonchev–Trinajstić information content (AvgIpc) is 2.91. The highest BCUT2D eigenvalue weighted by Crippen LogP contribution is 2.40. The van der Waals surface area contributed by atoms with Gasteiger partial charge in [-0.15, -0.1) is 0 Å². The van der Waals surface area contributed by atoms with E-state index in [1.807, 2.05) is 6.92 Å². The highest BCUT2D eigenvalue weighted by Gasteiger charge is 2.40. The largest absolute Gasteiger partial charge is 0.294 e. The van der Waals surface area contributed by atoms with Gasteiger partial charge < -0.3 is 0 Å². The van der Waals surface area contributed by atoms with Crippen LogP contribution in [0.2, 0.25) is 0 Å². The molecule has 1 aromatic carbocycles. The smallest absolute Gasteiger partial charge is 0.169 e. The first-order valence-electron chi connectivity index (χ1n) is 5.01. The van der Waals surface area contributed by atoms with Crippen molar-refractivity contribution in [2.45, 2.75) is 20.3 Å². The molecule has 0 bridgehead atoms. The second-order valence-corrected chi connectivity index (χ2v) is 4.24. The summed E-state index contributed by atoms with van der Waals surface area (Å²) in [4.78, 5) is 11.7. The third-order valence-electron chi connectivity index (χ3n) is 2.99. The molecule has 3 heteroatoms. The summed E-state index contributed by atoms with van der Waals surface area (Å²) in [6.45, 7) is 3.41. The van der Waals surface area contributed by atoms with Crippen molar-refractivity contribution in [2.24, 2.45) is 11.8 Å². The van der Waals surface area contributed by atoms with Crippen LogP contribution in [0.15, 0.2) is 12.1 Å². The van der Waals surface area contributed by atoms with Crippen molar-refractivity contribution in [1.29, 1.82) is 0 Å². The van der Waals surface area contributed by atoms with E-state index in [0.717, 1.165) is 6.42 Å². The standard InChI is InChI=1S/C12H12F2O/c1-6-3-4-8(11(14)10(6)13)12(15)9-5-7(9)2/h3-4,7,9H,5H2,1-2H3. The fraction of sp³-hybridized carbons (Fsp3) is 0.417. The molecular weight excluding hydrogens is 198 g/mol.